The second-order valence-corrected chi connectivity index (χ2v) is 4.82. The molecule has 0 fully saturated rings. The maximum Gasteiger partial charge on any atom is 0.0294 e. The molecule has 0 saturated carbocycles. The molecule has 1 aromatic rings. The Morgan fingerprint density at radius 3 is 1.94 bits per heavy atom. The van der Waals surface area contributed by atoms with Gasteiger partial charge in [0.15, 0.2) is 0 Å². The first-order valence-electron chi connectivity index (χ1n) is 6.41. The summed E-state index contributed by atoms with van der Waals surface area (Å²) in [4.78, 5) is 0. The molecule has 0 radical (unpaired) electrons. The van der Waals surface area contributed by atoms with Gasteiger partial charge < -0.3 is 5.32 Å². The molecule has 0 heterocycles. The molecule has 0 bridgehead atoms. The molecule has 1 aromatic carbocycles. The zero-order valence-corrected chi connectivity index (χ0v) is 11.3. The van der Waals surface area contributed by atoms with Gasteiger partial charge in [0.1, 0.15) is 0 Å². The van der Waals surface area contributed by atoms with Crippen molar-refractivity contribution in [1.29, 1.82) is 0 Å². The van der Waals surface area contributed by atoms with E-state index in [1.807, 2.05) is 0 Å². The first-order chi connectivity index (χ1) is 7.56. The van der Waals surface area contributed by atoms with Gasteiger partial charge in [-0.3, -0.25) is 0 Å². The number of aryl methyl sites for hydroxylation is 2. The molecule has 1 heteroatoms. The van der Waals surface area contributed by atoms with Crippen LogP contribution in [0.2, 0.25) is 0 Å². The molecular weight excluding hydrogens is 194 g/mol. The Morgan fingerprint density at radius 2 is 1.50 bits per heavy atom. The molecule has 1 rings (SSSR count). The minimum absolute atomic E-state index is 0.448. The summed E-state index contributed by atoms with van der Waals surface area (Å²) in [5.74, 6) is 0. The van der Waals surface area contributed by atoms with Crippen molar-refractivity contribution in [2.45, 2.75) is 59.5 Å². The predicted octanol–water partition coefficient (Wildman–Crippen LogP) is 4.14. The lowest BCUT2D eigenvalue weighted by Crippen LogP contribution is -2.30. The van der Waals surface area contributed by atoms with Crippen molar-refractivity contribution < 1.29 is 0 Å². The fourth-order valence-corrected chi connectivity index (χ4v) is 2.23. The summed E-state index contributed by atoms with van der Waals surface area (Å²) < 4.78 is 0. The van der Waals surface area contributed by atoms with Gasteiger partial charge in [-0.1, -0.05) is 43.2 Å². The number of hydrogen-bond acceptors (Lipinski definition) is 1. The zero-order chi connectivity index (χ0) is 12.1. The van der Waals surface area contributed by atoms with Crippen molar-refractivity contribution in [3.8, 4) is 0 Å². The summed E-state index contributed by atoms with van der Waals surface area (Å²) in [6, 6.07) is 7.88. The standard InChI is InChI=1S/C15H25N/c1-6-15(7-2)16-13(5)14-9-11(3)8-12(4)10-14/h8-10,13,15-16H,6-7H2,1-5H3. The van der Waals surface area contributed by atoms with Crippen molar-refractivity contribution in [3.63, 3.8) is 0 Å². The summed E-state index contributed by atoms with van der Waals surface area (Å²) in [7, 11) is 0. The van der Waals surface area contributed by atoms with Crippen molar-refractivity contribution in [2.75, 3.05) is 0 Å². The summed E-state index contributed by atoms with van der Waals surface area (Å²) >= 11 is 0. The van der Waals surface area contributed by atoms with E-state index in [1.54, 1.807) is 0 Å². The monoisotopic (exact) mass is 219 g/mol. The number of nitrogens with one attached hydrogen (secondary N) is 1. The van der Waals surface area contributed by atoms with Crippen LogP contribution in [0.25, 0.3) is 0 Å². The number of hydrogen-bond donors (Lipinski definition) is 1. The van der Waals surface area contributed by atoms with Crippen molar-refractivity contribution >= 4 is 0 Å². The third kappa shape index (κ3) is 3.64. The quantitative estimate of drug-likeness (QED) is 0.784. The average Bonchev–Trinajstić information content (AvgIpc) is 2.24. The fourth-order valence-electron chi connectivity index (χ4n) is 2.23. The predicted molar refractivity (Wildman–Crippen MR) is 71.8 cm³/mol. The third-order valence-corrected chi connectivity index (χ3v) is 3.22. The smallest absolute Gasteiger partial charge is 0.0294 e. The molecule has 1 unspecified atom stereocenters. The maximum absolute atomic E-state index is 3.69. The molecule has 0 saturated heterocycles. The fraction of sp³-hybridized carbons (Fsp3) is 0.600. The van der Waals surface area contributed by atoms with Gasteiger partial charge in [0.25, 0.3) is 0 Å². The molecular formula is C15H25N. The van der Waals surface area contributed by atoms with Crippen LogP contribution in [0.4, 0.5) is 0 Å². The van der Waals surface area contributed by atoms with Crippen LogP contribution in [-0.2, 0) is 0 Å². The lowest BCUT2D eigenvalue weighted by atomic mass is 10.0. The Labute approximate surface area is 100 Å². The summed E-state index contributed by atoms with van der Waals surface area (Å²) in [6.07, 6.45) is 2.40. The van der Waals surface area contributed by atoms with Crippen LogP contribution in [0.3, 0.4) is 0 Å². The lowest BCUT2D eigenvalue weighted by Gasteiger charge is -2.22. The van der Waals surface area contributed by atoms with Gasteiger partial charge >= 0.3 is 0 Å². The van der Waals surface area contributed by atoms with Gasteiger partial charge in [0.05, 0.1) is 0 Å². The van der Waals surface area contributed by atoms with Crippen LogP contribution in [-0.4, -0.2) is 6.04 Å². The third-order valence-electron chi connectivity index (χ3n) is 3.22. The van der Waals surface area contributed by atoms with Crippen LogP contribution in [0.15, 0.2) is 18.2 Å². The highest BCUT2D eigenvalue weighted by Crippen LogP contribution is 2.18. The highest BCUT2D eigenvalue weighted by atomic mass is 14.9. The minimum Gasteiger partial charge on any atom is -0.307 e. The Bertz CT molecular complexity index is 306. The minimum atomic E-state index is 0.448. The number of rotatable bonds is 5. The van der Waals surface area contributed by atoms with E-state index < -0.39 is 0 Å². The molecule has 90 valence electrons. The van der Waals surface area contributed by atoms with Gasteiger partial charge in [-0.05, 0) is 39.2 Å². The van der Waals surface area contributed by atoms with Crippen LogP contribution in [0.5, 0.6) is 0 Å². The van der Waals surface area contributed by atoms with E-state index in [0.717, 1.165) is 0 Å². The van der Waals surface area contributed by atoms with E-state index in [1.165, 1.54) is 29.5 Å². The van der Waals surface area contributed by atoms with Crippen molar-refractivity contribution in [3.05, 3.63) is 34.9 Å². The molecule has 16 heavy (non-hydrogen) atoms. The van der Waals surface area contributed by atoms with Crippen LogP contribution in [0, 0.1) is 13.8 Å². The molecule has 1 nitrogen and oxygen atoms in total. The van der Waals surface area contributed by atoms with Gasteiger partial charge in [-0.25, -0.2) is 0 Å². The van der Waals surface area contributed by atoms with Crippen LogP contribution in [0.1, 0.15) is 56.3 Å². The molecule has 0 aliphatic heterocycles. The SMILES string of the molecule is CCC(CC)NC(C)c1cc(C)cc(C)c1. The molecule has 0 spiro atoms. The van der Waals surface area contributed by atoms with Gasteiger partial charge in [0.2, 0.25) is 0 Å². The second-order valence-electron chi connectivity index (χ2n) is 4.82. The van der Waals surface area contributed by atoms with Crippen LogP contribution >= 0.6 is 0 Å². The molecule has 0 amide bonds. The highest BCUT2D eigenvalue weighted by Gasteiger charge is 2.10. The average molecular weight is 219 g/mol. The first kappa shape index (κ1) is 13.2. The molecule has 0 aromatic heterocycles. The van der Waals surface area contributed by atoms with E-state index in [-0.39, 0.29) is 0 Å². The highest BCUT2D eigenvalue weighted by molar-refractivity contribution is 5.30. The molecule has 0 aliphatic carbocycles. The summed E-state index contributed by atoms with van der Waals surface area (Å²) in [5, 5.41) is 3.69. The van der Waals surface area contributed by atoms with Crippen LogP contribution < -0.4 is 5.32 Å². The number of benzene rings is 1. The molecule has 0 aliphatic rings. The Hall–Kier alpha value is -0.820. The van der Waals surface area contributed by atoms with E-state index in [2.05, 4.69) is 58.1 Å². The van der Waals surface area contributed by atoms with Gasteiger partial charge in [-0.2, -0.15) is 0 Å². The second kappa shape index (κ2) is 6.05. The lowest BCUT2D eigenvalue weighted by molar-refractivity contribution is 0.432. The van der Waals surface area contributed by atoms with Crippen molar-refractivity contribution in [1.82, 2.24) is 5.32 Å². The van der Waals surface area contributed by atoms with E-state index in [9.17, 15) is 0 Å². The summed E-state index contributed by atoms with van der Waals surface area (Å²) in [6.45, 7) is 11.1. The Balaban J connectivity index is 2.75. The van der Waals surface area contributed by atoms with Gasteiger partial charge in [0, 0.05) is 12.1 Å². The van der Waals surface area contributed by atoms with Crippen molar-refractivity contribution in [2.24, 2.45) is 0 Å². The maximum atomic E-state index is 3.69. The first-order valence-corrected chi connectivity index (χ1v) is 6.41. The van der Waals surface area contributed by atoms with E-state index in [0.29, 0.717) is 12.1 Å². The topological polar surface area (TPSA) is 12.0 Å². The largest absolute Gasteiger partial charge is 0.307 e. The normalized spacial score (nSPS) is 13.1. The Kier molecular flexibility index (Phi) is 5.01. The van der Waals surface area contributed by atoms with E-state index in [4.69, 9.17) is 0 Å². The zero-order valence-electron chi connectivity index (χ0n) is 11.3. The summed E-state index contributed by atoms with van der Waals surface area (Å²) in [5.41, 5.74) is 4.12. The molecule has 1 N–H and O–H groups in total. The molecule has 1 atom stereocenters. The van der Waals surface area contributed by atoms with E-state index >= 15 is 0 Å². The Morgan fingerprint density at radius 1 is 1.00 bits per heavy atom. The van der Waals surface area contributed by atoms with Gasteiger partial charge in [-0.15, -0.1) is 0 Å².